The predicted octanol–water partition coefficient (Wildman–Crippen LogP) is 2.22. The largest absolute Gasteiger partial charge is 0.349 e. The van der Waals surface area contributed by atoms with Gasteiger partial charge in [0.05, 0.1) is 6.04 Å². The molecule has 140 valence electrons. The molecule has 1 aliphatic heterocycles. The average Bonchev–Trinajstić information content (AvgIpc) is 2.60. The summed E-state index contributed by atoms with van der Waals surface area (Å²) in [5.41, 5.74) is 7.66. The number of amides is 2. The van der Waals surface area contributed by atoms with Crippen molar-refractivity contribution in [2.75, 3.05) is 25.1 Å². The molecule has 0 bridgehead atoms. The number of hydrogen-bond acceptors (Lipinski definition) is 4. The number of hydrogen-bond donors (Lipinski definition) is 2. The minimum atomic E-state index is -0.407. The Morgan fingerprint density at radius 1 is 1.32 bits per heavy atom. The van der Waals surface area contributed by atoms with Crippen molar-refractivity contribution in [2.24, 2.45) is 5.73 Å². The van der Waals surface area contributed by atoms with Gasteiger partial charge in [0, 0.05) is 24.7 Å². The van der Waals surface area contributed by atoms with Crippen LogP contribution in [-0.4, -0.2) is 53.9 Å². The summed E-state index contributed by atoms with van der Waals surface area (Å²) in [6.45, 7) is 3.25. The van der Waals surface area contributed by atoms with E-state index in [2.05, 4.69) is 5.32 Å². The zero-order valence-corrected chi connectivity index (χ0v) is 16.5. The third kappa shape index (κ3) is 6.20. The summed E-state index contributed by atoms with van der Waals surface area (Å²) in [7, 11) is 0. The number of piperidine rings is 1. The number of carbonyl (C=O) groups excluding carboxylic acids is 2. The van der Waals surface area contributed by atoms with Gasteiger partial charge < -0.3 is 16.0 Å². The molecule has 3 N–H and O–H groups in total. The summed E-state index contributed by atoms with van der Waals surface area (Å²) in [6, 6.07) is 7.29. The molecule has 1 saturated heterocycles. The van der Waals surface area contributed by atoms with Gasteiger partial charge in [-0.2, -0.15) is 11.8 Å². The van der Waals surface area contributed by atoms with E-state index in [9.17, 15) is 9.59 Å². The first-order valence-corrected chi connectivity index (χ1v) is 9.82. The fourth-order valence-corrected chi connectivity index (χ4v) is 3.43. The molecule has 0 saturated carbocycles. The first kappa shape index (κ1) is 21.8. The van der Waals surface area contributed by atoms with Crippen LogP contribution in [0, 0.1) is 6.92 Å². The number of thioether (sulfide) groups is 1. The van der Waals surface area contributed by atoms with Gasteiger partial charge in [0.25, 0.3) is 5.91 Å². The van der Waals surface area contributed by atoms with Crippen LogP contribution < -0.4 is 11.1 Å². The van der Waals surface area contributed by atoms with Crippen LogP contribution in [0.5, 0.6) is 0 Å². The van der Waals surface area contributed by atoms with E-state index in [-0.39, 0.29) is 30.3 Å². The lowest BCUT2D eigenvalue weighted by Crippen LogP contribution is -2.51. The molecule has 1 unspecified atom stereocenters. The molecule has 7 heteroatoms. The maximum atomic E-state index is 12.4. The summed E-state index contributed by atoms with van der Waals surface area (Å²) >= 11 is 1.70. The van der Waals surface area contributed by atoms with Crippen molar-refractivity contribution in [1.82, 2.24) is 10.2 Å². The Labute approximate surface area is 160 Å². The fraction of sp³-hybridized carbons (Fsp3) is 0.556. The van der Waals surface area contributed by atoms with E-state index in [4.69, 9.17) is 5.73 Å². The van der Waals surface area contributed by atoms with Gasteiger partial charge in [-0.05, 0) is 49.8 Å². The van der Waals surface area contributed by atoms with Crippen molar-refractivity contribution >= 4 is 36.0 Å². The first-order valence-electron chi connectivity index (χ1n) is 8.42. The molecule has 0 aromatic heterocycles. The lowest BCUT2D eigenvalue weighted by atomic mass is 10.0. The molecule has 1 aromatic carbocycles. The van der Waals surface area contributed by atoms with E-state index < -0.39 is 6.04 Å². The van der Waals surface area contributed by atoms with E-state index >= 15 is 0 Å². The van der Waals surface area contributed by atoms with Gasteiger partial charge in [0.1, 0.15) is 0 Å². The van der Waals surface area contributed by atoms with E-state index in [0.717, 1.165) is 29.7 Å². The van der Waals surface area contributed by atoms with Crippen LogP contribution >= 0.6 is 24.2 Å². The molecule has 2 amide bonds. The fourth-order valence-electron chi connectivity index (χ4n) is 2.94. The van der Waals surface area contributed by atoms with Crippen LogP contribution in [0.1, 0.15) is 35.2 Å². The highest BCUT2D eigenvalue weighted by Crippen LogP contribution is 2.14. The molecular weight excluding hydrogens is 358 g/mol. The van der Waals surface area contributed by atoms with Gasteiger partial charge in [-0.1, -0.05) is 18.2 Å². The molecule has 0 aliphatic carbocycles. The van der Waals surface area contributed by atoms with Crippen molar-refractivity contribution in [1.29, 1.82) is 0 Å². The minimum absolute atomic E-state index is 0. The highest BCUT2D eigenvalue weighted by Gasteiger charge is 2.27. The van der Waals surface area contributed by atoms with E-state index in [1.165, 1.54) is 0 Å². The maximum absolute atomic E-state index is 12.4. The summed E-state index contributed by atoms with van der Waals surface area (Å²) < 4.78 is 0. The van der Waals surface area contributed by atoms with Gasteiger partial charge in [-0.3, -0.25) is 9.59 Å². The number of carbonyl (C=O) groups is 2. The van der Waals surface area contributed by atoms with Crippen LogP contribution in [0.15, 0.2) is 24.3 Å². The first-order chi connectivity index (χ1) is 11.5. The Morgan fingerprint density at radius 3 is 2.56 bits per heavy atom. The summed E-state index contributed by atoms with van der Waals surface area (Å²) in [6.07, 6.45) is 4.28. The Kier molecular flexibility index (Phi) is 9.32. The molecule has 1 atom stereocenters. The number of rotatable bonds is 6. The monoisotopic (exact) mass is 385 g/mol. The molecule has 0 spiro atoms. The van der Waals surface area contributed by atoms with Crippen LogP contribution in [0.25, 0.3) is 0 Å². The second kappa shape index (κ2) is 10.7. The van der Waals surface area contributed by atoms with Crippen LogP contribution in [-0.2, 0) is 4.79 Å². The molecule has 5 nitrogen and oxygen atoms in total. The molecule has 1 heterocycles. The molecule has 1 aromatic rings. The predicted molar refractivity (Wildman–Crippen MR) is 106 cm³/mol. The third-order valence-corrected chi connectivity index (χ3v) is 5.13. The summed E-state index contributed by atoms with van der Waals surface area (Å²) in [5.74, 6) is 0.901. The second-order valence-corrected chi connectivity index (χ2v) is 7.26. The number of likely N-dealkylation sites (tertiary alicyclic amines) is 1. The van der Waals surface area contributed by atoms with E-state index in [1.54, 1.807) is 11.8 Å². The van der Waals surface area contributed by atoms with Crippen molar-refractivity contribution in [3.05, 3.63) is 35.4 Å². The summed E-state index contributed by atoms with van der Waals surface area (Å²) in [5, 5.41) is 3.09. The average molecular weight is 386 g/mol. The van der Waals surface area contributed by atoms with Crippen molar-refractivity contribution < 1.29 is 9.59 Å². The number of nitrogens with two attached hydrogens (primary N) is 1. The zero-order valence-electron chi connectivity index (χ0n) is 14.9. The van der Waals surface area contributed by atoms with Crippen molar-refractivity contribution in [2.45, 2.75) is 38.3 Å². The third-order valence-electron chi connectivity index (χ3n) is 4.48. The van der Waals surface area contributed by atoms with Crippen LogP contribution in [0.3, 0.4) is 0 Å². The van der Waals surface area contributed by atoms with Gasteiger partial charge in [-0.15, -0.1) is 12.4 Å². The van der Waals surface area contributed by atoms with Crippen LogP contribution in [0.4, 0.5) is 0 Å². The zero-order chi connectivity index (χ0) is 17.5. The molecule has 1 aliphatic rings. The SMILES string of the molecule is CSCCC(N)C(=O)N1CCC(NC(=O)c2ccccc2C)CC1.Cl. The Morgan fingerprint density at radius 2 is 1.96 bits per heavy atom. The lowest BCUT2D eigenvalue weighted by molar-refractivity contribution is -0.133. The molecule has 0 radical (unpaired) electrons. The Balaban J connectivity index is 0.00000312. The molecule has 1 fully saturated rings. The summed E-state index contributed by atoms with van der Waals surface area (Å²) in [4.78, 5) is 26.5. The number of benzene rings is 1. The Bertz CT molecular complexity index is 577. The quantitative estimate of drug-likeness (QED) is 0.787. The molecular formula is C18H28ClN3O2S. The minimum Gasteiger partial charge on any atom is -0.349 e. The van der Waals surface area contributed by atoms with Gasteiger partial charge in [0.15, 0.2) is 0 Å². The number of nitrogens with one attached hydrogen (secondary N) is 1. The lowest BCUT2D eigenvalue weighted by Gasteiger charge is -2.34. The van der Waals surface area contributed by atoms with Crippen molar-refractivity contribution in [3.8, 4) is 0 Å². The Hall–Kier alpha value is -1.24. The van der Waals surface area contributed by atoms with E-state index in [0.29, 0.717) is 19.5 Å². The smallest absolute Gasteiger partial charge is 0.251 e. The van der Waals surface area contributed by atoms with Gasteiger partial charge in [0.2, 0.25) is 5.91 Å². The highest BCUT2D eigenvalue weighted by atomic mass is 35.5. The standard InChI is InChI=1S/C18H27N3O2S.ClH/c1-13-5-3-4-6-15(13)17(22)20-14-7-10-21(11-8-14)18(23)16(19)9-12-24-2;/h3-6,14,16H,7-12,19H2,1-2H3,(H,20,22);1H. The molecule has 25 heavy (non-hydrogen) atoms. The normalized spacial score (nSPS) is 16.0. The highest BCUT2D eigenvalue weighted by molar-refractivity contribution is 7.98. The topological polar surface area (TPSA) is 75.4 Å². The maximum Gasteiger partial charge on any atom is 0.251 e. The van der Waals surface area contributed by atoms with Crippen LogP contribution in [0.2, 0.25) is 0 Å². The number of aryl methyl sites for hydroxylation is 1. The van der Waals surface area contributed by atoms with Gasteiger partial charge >= 0.3 is 0 Å². The van der Waals surface area contributed by atoms with Crippen molar-refractivity contribution in [3.63, 3.8) is 0 Å². The van der Waals surface area contributed by atoms with E-state index in [1.807, 2.05) is 42.3 Å². The number of halogens is 1. The molecule has 2 rings (SSSR count). The van der Waals surface area contributed by atoms with Gasteiger partial charge in [-0.25, -0.2) is 0 Å². The number of nitrogens with zero attached hydrogens (tertiary/aromatic N) is 1. The second-order valence-electron chi connectivity index (χ2n) is 6.28.